The quantitative estimate of drug-likeness (QED) is 0.619. The van der Waals surface area contributed by atoms with Crippen LogP contribution in [-0.2, 0) is 9.47 Å². The van der Waals surface area contributed by atoms with E-state index in [-0.39, 0.29) is 12.4 Å². The zero-order valence-electron chi connectivity index (χ0n) is 12.2. The first kappa shape index (κ1) is 16.3. The van der Waals surface area contributed by atoms with Crippen molar-refractivity contribution in [3.8, 4) is 0 Å². The third-order valence-corrected chi connectivity index (χ3v) is 4.08. The van der Waals surface area contributed by atoms with E-state index in [1.807, 2.05) is 25.1 Å². The first-order valence-corrected chi connectivity index (χ1v) is 8.24. The van der Waals surface area contributed by atoms with E-state index in [2.05, 4.69) is 24.3 Å². The van der Waals surface area contributed by atoms with E-state index in [1.54, 1.807) is 23.9 Å². The molecule has 21 heavy (non-hydrogen) atoms. The first-order valence-electron chi connectivity index (χ1n) is 7.26. The average molecular weight is 306 g/mol. The van der Waals surface area contributed by atoms with Crippen molar-refractivity contribution in [1.82, 2.24) is 0 Å². The van der Waals surface area contributed by atoms with Crippen LogP contribution in [-0.4, -0.2) is 36.0 Å². The van der Waals surface area contributed by atoms with Crippen molar-refractivity contribution in [2.45, 2.75) is 36.7 Å². The van der Waals surface area contributed by atoms with Gasteiger partial charge in [0.1, 0.15) is 0 Å². The Balaban J connectivity index is 1.72. The lowest BCUT2D eigenvalue weighted by Crippen LogP contribution is -2.35. The summed E-state index contributed by atoms with van der Waals surface area (Å²) in [4.78, 5) is 1.26. The summed E-state index contributed by atoms with van der Waals surface area (Å²) in [6, 6.07) is 10.3. The lowest BCUT2D eigenvalue weighted by atomic mass is 10.1. The molecule has 1 aromatic rings. The third kappa shape index (κ3) is 5.67. The molecule has 0 unspecified atom stereocenters. The Labute approximate surface area is 130 Å². The van der Waals surface area contributed by atoms with E-state index in [4.69, 9.17) is 9.47 Å². The third-order valence-electron chi connectivity index (χ3n) is 3.11. The molecule has 1 aliphatic rings. The molecule has 3 atom stereocenters. The summed E-state index contributed by atoms with van der Waals surface area (Å²) in [7, 11) is 0. The van der Waals surface area contributed by atoms with Gasteiger partial charge in [-0.2, -0.15) is 0 Å². The Bertz CT molecular complexity index is 458. The smallest absolute Gasteiger partial charge is 0.177 e. The van der Waals surface area contributed by atoms with Crippen LogP contribution in [0.25, 0.3) is 0 Å². The molecule has 0 radical (unpaired) electrons. The summed E-state index contributed by atoms with van der Waals surface area (Å²) < 4.78 is 11.1. The van der Waals surface area contributed by atoms with Crippen LogP contribution in [0.4, 0.5) is 0 Å². The fraction of sp³-hybridized carbons (Fsp3) is 0.412. The molecule has 1 heterocycles. The van der Waals surface area contributed by atoms with Gasteiger partial charge in [-0.3, -0.25) is 0 Å². The van der Waals surface area contributed by atoms with Crippen molar-refractivity contribution in [3.05, 3.63) is 54.6 Å². The molecule has 1 aromatic carbocycles. The lowest BCUT2D eigenvalue weighted by molar-refractivity contribution is -0.167. The number of benzene rings is 1. The highest BCUT2D eigenvalue weighted by Gasteiger charge is 2.24. The molecule has 4 heteroatoms. The second-order valence-corrected chi connectivity index (χ2v) is 5.80. The molecule has 0 amide bonds. The Morgan fingerprint density at radius 1 is 1.24 bits per heavy atom. The maximum atomic E-state index is 9.88. The molecule has 0 fully saturated rings. The molecular formula is C17H22O3S. The molecule has 114 valence electrons. The van der Waals surface area contributed by atoms with Crippen molar-refractivity contribution in [1.29, 1.82) is 0 Å². The van der Waals surface area contributed by atoms with Gasteiger partial charge in [0.05, 0.1) is 12.2 Å². The molecule has 1 aliphatic heterocycles. The van der Waals surface area contributed by atoms with Crippen LogP contribution in [0.1, 0.15) is 13.3 Å². The molecule has 0 saturated carbocycles. The van der Waals surface area contributed by atoms with Crippen LogP contribution < -0.4 is 0 Å². The van der Waals surface area contributed by atoms with E-state index >= 15 is 0 Å². The van der Waals surface area contributed by atoms with Gasteiger partial charge in [-0.1, -0.05) is 36.4 Å². The van der Waals surface area contributed by atoms with Gasteiger partial charge in [0.15, 0.2) is 6.29 Å². The number of aliphatic hydroxyl groups is 1. The molecule has 0 spiro atoms. The normalized spacial score (nSPS) is 25.5. The molecule has 0 aromatic heterocycles. The van der Waals surface area contributed by atoms with Gasteiger partial charge in [-0.25, -0.2) is 0 Å². The van der Waals surface area contributed by atoms with Crippen LogP contribution in [0.15, 0.2) is 59.5 Å². The molecule has 1 N–H and O–H groups in total. The maximum Gasteiger partial charge on any atom is 0.177 e. The second-order valence-electron chi connectivity index (χ2n) is 4.70. The van der Waals surface area contributed by atoms with E-state index in [9.17, 15) is 5.11 Å². The molecule has 3 nitrogen and oxygen atoms in total. The lowest BCUT2D eigenvalue weighted by Gasteiger charge is -2.28. The number of hydrogen-bond donors (Lipinski definition) is 1. The van der Waals surface area contributed by atoms with Crippen LogP contribution in [0.5, 0.6) is 0 Å². The molecule has 2 rings (SSSR count). The molecule has 0 bridgehead atoms. The van der Waals surface area contributed by atoms with E-state index in [1.165, 1.54) is 4.90 Å². The number of ether oxygens (including phenoxy) is 2. The van der Waals surface area contributed by atoms with Crippen molar-refractivity contribution >= 4 is 11.8 Å². The standard InChI is InChI=1S/C17H22O3S/c1-2-19-17-12-11-15(18)16(20-17)10-6-7-13-21-14-8-4-3-5-9-14/h3-9,11-12,15-18H,2,10,13H2,1H3/b7-6+/t15-,16+,17-/m0/s1. The number of aliphatic hydroxyl groups excluding tert-OH is 1. The van der Waals surface area contributed by atoms with E-state index in [0.717, 1.165) is 5.75 Å². The van der Waals surface area contributed by atoms with E-state index in [0.29, 0.717) is 13.0 Å². The molecular weight excluding hydrogens is 284 g/mol. The van der Waals surface area contributed by atoms with Gasteiger partial charge in [0.2, 0.25) is 0 Å². The van der Waals surface area contributed by atoms with Gasteiger partial charge in [0, 0.05) is 17.3 Å². The Morgan fingerprint density at radius 3 is 2.81 bits per heavy atom. The van der Waals surface area contributed by atoms with Crippen molar-refractivity contribution in [2.24, 2.45) is 0 Å². The van der Waals surface area contributed by atoms with Gasteiger partial charge in [-0.05, 0) is 31.6 Å². The van der Waals surface area contributed by atoms with Gasteiger partial charge < -0.3 is 14.6 Å². The minimum atomic E-state index is -0.562. The number of thioether (sulfide) groups is 1. The number of hydrogen-bond acceptors (Lipinski definition) is 4. The first-order chi connectivity index (χ1) is 10.3. The maximum absolute atomic E-state index is 9.88. The van der Waals surface area contributed by atoms with Crippen LogP contribution in [0.3, 0.4) is 0 Å². The van der Waals surface area contributed by atoms with Gasteiger partial charge in [0.25, 0.3) is 0 Å². The fourth-order valence-corrected chi connectivity index (χ4v) is 2.81. The highest BCUT2D eigenvalue weighted by atomic mass is 32.2. The summed E-state index contributed by atoms with van der Waals surface area (Å²) >= 11 is 1.79. The van der Waals surface area contributed by atoms with Crippen molar-refractivity contribution in [2.75, 3.05) is 12.4 Å². The van der Waals surface area contributed by atoms with Crippen molar-refractivity contribution in [3.63, 3.8) is 0 Å². The topological polar surface area (TPSA) is 38.7 Å². The SMILES string of the molecule is CCO[C@@H]1C=C[C@H](O)[C@@H](C/C=C/CSc2ccccc2)O1. The Kier molecular flexibility index (Phi) is 7.03. The van der Waals surface area contributed by atoms with E-state index < -0.39 is 6.10 Å². The Hall–Kier alpha value is -1.07. The summed E-state index contributed by atoms with van der Waals surface area (Å²) in [5.41, 5.74) is 0. The van der Waals surface area contributed by atoms with Crippen LogP contribution in [0.2, 0.25) is 0 Å². The number of rotatable bonds is 7. The van der Waals surface area contributed by atoms with Gasteiger partial charge >= 0.3 is 0 Å². The minimum Gasteiger partial charge on any atom is -0.386 e. The second kappa shape index (κ2) is 9.05. The van der Waals surface area contributed by atoms with Crippen LogP contribution >= 0.6 is 11.8 Å². The highest BCUT2D eigenvalue weighted by Crippen LogP contribution is 2.19. The van der Waals surface area contributed by atoms with Gasteiger partial charge in [-0.15, -0.1) is 11.8 Å². The highest BCUT2D eigenvalue weighted by molar-refractivity contribution is 7.99. The summed E-state index contributed by atoms with van der Waals surface area (Å²) in [5, 5.41) is 9.88. The summed E-state index contributed by atoms with van der Waals surface area (Å²) in [6.07, 6.45) is 7.24. The predicted molar refractivity (Wildman–Crippen MR) is 86.4 cm³/mol. The van der Waals surface area contributed by atoms with Crippen LogP contribution in [0, 0.1) is 0 Å². The zero-order chi connectivity index (χ0) is 14.9. The average Bonchev–Trinajstić information content (AvgIpc) is 2.51. The minimum absolute atomic E-state index is 0.232. The monoisotopic (exact) mass is 306 g/mol. The molecule has 0 saturated heterocycles. The summed E-state index contributed by atoms with van der Waals surface area (Å²) in [6.45, 7) is 2.53. The summed E-state index contributed by atoms with van der Waals surface area (Å²) in [5.74, 6) is 0.914. The zero-order valence-corrected chi connectivity index (χ0v) is 13.0. The molecule has 0 aliphatic carbocycles. The predicted octanol–water partition coefficient (Wildman–Crippen LogP) is 3.40. The Morgan fingerprint density at radius 2 is 2.05 bits per heavy atom. The van der Waals surface area contributed by atoms with Crippen molar-refractivity contribution < 1.29 is 14.6 Å². The fourth-order valence-electron chi connectivity index (χ4n) is 2.04. The largest absolute Gasteiger partial charge is 0.386 e.